The average molecular weight is 333 g/mol. The fraction of sp³-hybridized carbons (Fsp3) is 0.125. The number of hydrogen-bond acceptors (Lipinski definition) is 3. The van der Waals surface area contributed by atoms with Gasteiger partial charge in [-0.25, -0.2) is 4.79 Å². The van der Waals surface area contributed by atoms with E-state index in [-0.39, 0.29) is 12.4 Å². The van der Waals surface area contributed by atoms with Crippen molar-refractivity contribution in [1.82, 2.24) is 0 Å². The van der Waals surface area contributed by atoms with Gasteiger partial charge in [0.05, 0.1) is 5.56 Å². The lowest BCUT2D eigenvalue weighted by atomic mass is 10.1. The number of hydrogen-bond donors (Lipinski definition) is 0. The van der Waals surface area contributed by atoms with Gasteiger partial charge in [0.25, 0.3) is 0 Å². The van der Waals surface area contributed by atoms with Crippen LogP contribution in [0.25, 0.3) is 0 Å². The summed E-state index contributed by atoms with van der Waals surface area (Å²) >= 11 is 3.29. The molecule has 0 atom stereocenters. The molecule has 102 valence electrons. The number of benzene rings is 2. The molecule has 0 aliphatic rings. The third kappa shape index (κ3) is 3.78. The largest absolute Gasteiger partial charge is 0.454 e. The van der Waals surface area contributed by atoms with Crippen LogP contribution < -0.4 is 0 Å². The second-order valence-corrected chi connectivity index (χ2v) is 5.29. The van der Waals surface area contributed by atoms with E-state index in [0.717, 1.165) is 10.0 Å². The van der Waals surface area contributed by atoms with Crippen molar-refractivity contribution >= 4 is 27.7 Å². The minimum Gasteiger partial charge on any atom is -0.454 e. The van der Waals surface area contributed by atoms with Crippen LogP contribution in [0.4, 0.5) is 0 Å². The first-order valence-corrected chi connectivity index (χ1v) is 6.88. The highest BCUT2D eigenvalue weighted by atomic mass is 79.9. The molecule has 2 rings (SSSR count). The Morgan fingerprint density at radius 1 is 0.950 bits per heavy atom. The number of halogens is 1. The molecular weight excluding hydrogens is 320 g/mol. The van der Waals surface area contributed by atoms with Crippen LogP contribution in [0.5, 0.6) is 0 Å². The number of rotatable bonds is 4. The molecule has 20 heavy (non-hydrogen) atoms. The topological polar surface area (TPSA) is 43.4 Å². The molecule has 0 aliphatic carbocycles. The number of aryl methyl sites for hydroxylation is 1. The van der Waals surface area contributed by atoms with Crippen molar-refractivity contribution in [1.29, 1.82) is 0 Å². The van der Waals surface area contributed by atoms with Gasteiger partial charge >= 0.3 is 5.97 Å². The summed E-state index contributed by atoms with van der Waals surface area (Å²) in [7, 11) is 0. The standard InChI is InChI=1S/C16H13BrO3/c1-11-2-4-12(5-3-11)15(18)10-20-16(19)13-6-8-14(17)9-7-13/h2-9H,10H2,1H3. The molecule has 4 heteroatoms. The van der Waals surface area contributed by atoms with Crippen LogP contribution in [0, 0.1) is 6.92 Å². The Hall–Kier alpha value is -1.94. The maximum absolute atomic E-state index is 11.9. The summed E-state index contributed by atoms with van der Waals surface area (Å²) in [6.45, 7) is 1.69. The van der Waals surface area contributed by atoms with Gasteiger partial charge in [-0.3, -0.25) is 4.79 Å². The Labute approximate surface area is 125 Å². The van der Waals surface area contributed by atoms with Gasteiger partial charge in [0.1, 0.15) is 0 Å². The molecule has 0 spiro atoms. The van der Waals surface area contributed by atoms with E-state index in [9.17, 15) is 9.59 Å². The first-order valence-electron chi connectivity index (χ1n) is 6.09. The van der Waals surface area contributed by atoms with Crippen LogP contribution >= 0.6 is 15.9 Å². The maximum Gasteiger partial charge on any atom is 0.338 e. The number of esters is 1. The van der Waals surface area contributed by atoms with E-state index in [4.69, 9.17) is 4.74 Å². The third-order valence-electron chi connectivity index (χ3n) is 2.79. The van der Waals surface area contributed by atoms with E-state index < -0.39 is 5.97 Å². The Kier molecular flexibility index (Phi) is 4.69. The number of ketones is 1. The van der Waals surface area contributed by atoms with E-state index in [0.29, 0.717) is 11.1 Å². The molecule has 0 saturated heterocycles. The molecule has 0 unspecified atom stereocenters. The van der Waals surface area contributed by atoms with Gasteiger partial charge in [-0.05, 0) is 31.2 Å². The normalized spacial score (nSPS) is 10.1. The van der Waals surface area contributed by atoms with Gasteiger partial charge in [-0.2, -0.15) is 0 Å². The Balaban J connectivity index is 1.94. The highest BCUT2D eigenvalue weighted by molar-refractivity contribution is 9.10. The summed E-state index contributed by atoms with van der Waals surface area (Å²) in [6.07, 6.45) is 0. The Morgan fingerprint density at radius 2 is 1.50 bits per heavy atom. The van der Waals surface area contributed by atoms with E-state index in [1.165, 1.54) is 0 Å². The molecule has 3 nitrogen and oxygen atoms in total. The zero-order valence-corrected chi connectivity index (χ0v) is 12.5. The lowest BCUT2D eigenvalue weighted by Gasteiger charge is -2.05. The zero-order chi connectivity index (χ0) is 14.5. The molecule has 2 aromatic rings. The summed E-state index contributed by atoms with van der Waals surface area (Å²) in [5.41, 5.74) is 2.04. The summed E-state index contributed by atoms with van der Waals surface area (Å²) in [6, 6.07) is 13.9. The van der Waals surface area contributed by atoms with Gasteiger partial charge in [-0.1, -0.05) is 45.8 Å². The zero-order valence-electron chi connectivity index (χ0n) is 10.9. The predicted octanol–water partition coefficient (Wildman–Crippen LogP) is 3.80. The van der Waals surface area contributed by atoms with E-state index in [2.05, 4.69) is 15.9 Å². The molecule has 0 aliphatic heterocycles. The highest BCUT2D eigenvalue weighted by Gasteiger charge is 2.11. The lowest BCUT2D eigenvalue weighted by molar-refractivity contribution is 0.0474. The Bertz CT molecular complexity index is 558. The minimum atomic E-state index is -0.502. The summed E-state index contributed by atoms with van der Waals surface area (Å²) < 4.78 is 5.89. The number of Topliss-reactive ketones (excluding diaryl/α,β-unsaturated/α-hetero) is 1. The van der Waals surface area contributed by atoms with Crippen molar-refractivity contribution in [3.63, 3.8) is 0 Å². The van der Waals surface area contributed by atoms with Crippen LogP contribution in [0.15, 0.2) is 53.0 Å². The molecular formula is C16H13BrO3. The van der Waals surface area contributed by atoms with Crippen LogP contribution in [0.2, 0.25) is 0 Å². The summed E-state index contributed by atoms with van der Waals surface area (Å²) in [5.74, 6) is -0.714. The molecule has 0 amide bonds. The molecule has 2 aromatic carbocycles. The monoisotopic (exact) mass is 332 g/mol. The summed E-state index contributed by atoms with van der Waals surface area (Å²) in [5, 5.41) is 0. The molecule has 0 N–H and O–H groups in total. The van der Waals surface area contributed by atoms with Crippen LogP contribution in [-0.2, 0) is 4.74 Å². The van der Waals surface area contributed by atoms with E-state index in [1.807, 2.05) is 19.1 Å². The minimum absolute atomic E-state index is 0.213. The van der Waals surface area contributed by atoms with Gasteiger partial charge in [0.2, 0.25) is 0 Å². The van der Waals surface area contributed by atoms with Crippen molar-refractivity contribution in [3.8, 4) is 0 Å². The number of carbonyl (C=O) groups excluding carboxylic acids is 2. The van der Waals surface area contributed by atoms with Gasteiger partial charge in [-0.15, -0.1) is 0 Å². The smallest absolute Gasteiger partial charge is 0.338 e. The fourth-order valence-electron chi connectivity index (χ4n) is 1.62. The first-order chi connectivity index (χ1) is 9.56. The molecule has 0 aromatic heterocycles. The third-order valence-corrected chi connectivity index (χ3v) is 3.32. The van der Waals surface area contributed by atoms with Crippen LogP contribution in [-0.4, -0.2) is 18.4 Å². The number of ether oxygens (including phenoxy) is 1. The molecule has 0 radical (unpaired) electrons. The van der Waals surface area contributed by atoms with E-state index >= 15 is 0 Å². The molecule has 0 heterocycles. The SMILES string of the molecule is Cc1ccc(C(=O)COC(=O)c2ccc(Br)cc2)cc1. The molecule has 0 bridgehead atoms. The summed E-state index contributed by atoms with van der Waals surface area (Å²) in [4.78, 5) is 23.6. The fourth-order valence-corrected chi connectivity index (χ4v) is 1.89. The van der Waals surface area contributed by atoms with Gasteiger partial charge in [0.15, 0.2) is 12.4 Å². The van der Waals surface area contributed by atoms with Crippen LogP contribution in [0.1, 0.15) is 26.3 Å². The van der Waals surface area contributed by atoms with Crippen molar-refractivity contribution < 1.29 is 14.3 Å². The second-order valence-electron chi connectivity index (χ2n) is 4.37. The van der Waals surface area contributed by atoms with Crippen molar-refractivity contribution in [2.24, 2.45) is 0 Å². The highest BCUT2D eigenvalue weighted by Crippen LogP contribution is 2.11. The first kappa shape index (κ1) is 14.5. The second kappa shape index (κ2) is 6.48. The molecule has 0 saturated carbocycles. The van der Waals surface area contributed by atoms with Gasteiger partial charge < -0.3 is 4.74 Å². The maximum atomic E-state index is 11.9. The van der Waals surface area contributed by atoms with E-state index in [1.54, 1.807) is 36.4 Å². The lowest BCUT2D eigenvalue weighted by Crippen LogP contribution is -2.14. The quantitative estimate of drug-likeness (QED) is 0.631. The number of carbonyl (C=O) groups is 2. The Morgan fingerprint density at radius 3 is 2.10 bits per heavy atom. The van der Waals surface area contributed by atoms with Crippen molar-refractivity contribution in [3.05, 3.63) is 69.7 Å². The van der Waals surface area contributed by atoms with Crippen molar-refractivity contribution in [2.45, 2.75) is 6.92 Å². The molecule has 0 fully saturated rings. The van der Waals surface area contributed by atoms with Gasteiger partial charge in [0, 0.05) is 10.0 Å². The van der Waals surface area contributed by atoms with Crippen molar-refractivity contribution in [2.75, 3.05) is 6.61 Å². The average Bonchev–Trinajstić information content (AvgIpc) is 2.46. The van der Waals surface area contributed by atoms with Crippen LogP contribution in [0.3, 0.4) is 0 Å². The predicted molar refractivity (Wildman–Crippen MR) is 79.9 cm³/mol.